The van der Waals surface area contributed by atoms with Crippen LogP contribution in [-0.2, 0) is 6.54 Å². The molecule has 0 radical (unpaired) electrons. The molecule has 2 aromatic rings. The molecule has 2 aromatic heterocycles. The molecule has 2 aliphatic rings. The zero-order valence-corrected chi connectivity index (χ0v) is 14.4. The van der Waals surface area contributed by atoms with Crippen molar-refractivity contribution in [2.45, 2.75) is 51.2 Å². The third-order valence-electron chi connectivity index (χ3n) is 5.18. The van der Waals surface area contributed by atoms with Gasteiger partial charge in [0.2, 0.25) is 0 Å². The molecule has 0 bridgehead atoms. The normalized spacial score (nSPS) is 19.5. The Morgan fingerprint density at radius 2 is 1.88 bits per heavy atom. The molecule has 2 fully saturated rings. The molecule has 1 aliphatic heterocycles. The summed E-state index contributed by atoms with van der Waals surface area (Å²) in [6, 6.07) is 3.46. The standard InChI is InChI=1S/C18H26N6/c1-15-12-18(21-13-20-15)24(16-2-3-16)17-4-7-22(8-5-17)10-11-23-9-6-19-14-23/h6,9,12-14,16-17H,2-5,7-8,10-11H2,1H3. The minimum absolute atomic E-state index is 0.622. The number of aryl methyl sites for hydroxylation is 1. The van der Waals surface area contributed by atoms with Gasteiger partial charge in [0.15, 0.2) is 0 Å². The highest BCUT2D eigenvalue weighted by molar-refractivity contribution is 5.43. The number of likely N-dealkylation sites (tertiary alicyclic amines) is 1. The average molecular weight is 326 g/mol. The van der Waals surface area contributed by atoms with Crippen LogP contribution in [0.5, 0.6) is 0 Å². The first-order valence-electron chi connectivity index (χ1n) is 9.04. The Labute approximate surface area is 143 Å². The van der Waals surface area contributed by atoms with E-state index < -0.39 is 0 Å². The first-order valence-corrected chi connectivity index (χ1v) is 9.04. The number of anilines is 1. The van der Waals surface area contributed by atoms with E-state index in [1.807, 2.05) is 18.7 Å². The molecule has 0 atom stereocenters. The van der Waals surface area contributed by atoms with E-state index in [9.17, 15) is 0 Å². The van der Waals surface area contributed by atoms with Gasteiger partial charge in [0.25, 0.3) is 0 Å². The molecule has 6 nitrogen and oxygen atoms in total. The van der Waals surface area contributed by atoms with E-state index in [0.29, 0.717) is 12.1 Å². The fraction of sp³-hybridized carbons (Fsp3) is 0.611. The van der Waals surface area contributed by atoms with Crippen molar-refractivity contribution in [1.29, 1.82) is 0 Å². The Balaban J connectivity index is 1.35. The van der Waals surface area contributed by atoms with Crippen molar-refractivity contribution >= 4 is 5.82 Å². The molecule has 24 heavy (non-hydrogen) atoms. The van der Waals surface area contributed by atoms with Gasteiger partial charge in [-0.2, -0.15) is 0 Å². The lowest BCUT2D eigenvalue weighted by Crippen LogP contribution is -2.47. The quantitative estimate of drug-likeness (QED) is 0.814. The van der Waals surface area contributed by atoms with Crippen molar-refractivity contribution in [1.82, 2.24) is 24.4 Å². The molecule has 1 aliphatic carbocycles. The van der Waals surface area contributed by atoms with Crippen molar-refractivity contribution in [2.75, 3.05) is 24.5 Å². The van der Waals surface area contributed by atoms with E-state index in [4.69, 9.17) is 0 Å². The van der Waals surface area contributed by atoms with E-state index in [1.165, 1.54) is 38.8 Å². The van der Waals surface area contributed by atoms with Gasteiger partial charge in [0.05, 0.1) is 6.33 Å². The summed E-state index contributed by atoms with van der Waals surface area (Å²) in [6.07, 6.45) is 12.6. The smallest absolute Gasteiger partial charge is 0.132 e. The van der Waals surface area contributed by atoms with Crippen LogP contribution in [-0.4, -0.2) is 56.1 Å². The van der Waals surface area contributed by atoms with Crippen LogP contribution in [0.1, 0.15) is 31.4 Å². The molecule has 1 saturated carbocycles. The minimum atomic E-state index is 0.622. The highest BCUT2D eigenvalue weighted by atomic mass is 15.3. The van der Waals surface area contributed by atoms with Gasteiger partial charge in [0, 0.05) is 62.4 Å². The Bertz CT molecular complexity index is 643. The minimum Gasteiger partial charge on any atom is -0.350 e. The number of piperidine rings is 1. The third-order valence-corrected chi connectivity index (χ3v) is 5.18. The SMILES string of the molecule is Cc1cc(N(C2CC2)C2CCN(CCn3ccnc3)CC2)ncn1. The lowest BCUT2D eigenvalue weighted by atomic mass is 10.0. The van der Waals surface area contributed by atoms with Gasteiger partial charge in [-0.3, -0.25) is 0 Å². The summed E-state index contributed by atoms with van der Waals surface area (Å²) < 4.78 is 2.16. The second-order valence-corrected chi connectivity index (χ2v) is 7.03. The first-order chi connectivity index (χ1) is 11.8. The van der Waals surface area contributed by atoms with E-state index in [-0.39, 0.29) is 0 Å². The number of hydrogen-bond donors (Lipinski definition) is 0. The predicted molar refractivity (Wildman–Crippen MR) is 94.0 cm³/mol. The molecule has 0 N–H and O–H groups in total. The molecule has 4 rings (SSSR count). The molecule has 0 spiro atoms. The third kappa shape index (κ3) is 3.59. The summed E-state index contributed by atoms with van der Waals surface area (Å²) in [6.45, 7) is 6.54. The van der Waals surface area contributed by atoms with Crippen molar-refractivity contribution in [3.05, 3.63) is 36.8 Å². The molecule has 0 unspecified atom stereocenters. The van der Waals surface area contributed by atoms with Crippen LogP contribution < -0.4 is 4.90 Å². The van der Waals surface area contributed by atoms with Crippen LogP contribution in [0.25, 0.3) is 0 Å². The van der Waals surface area contributed by atoms with Gasteiger partial charge in [-0.1, -0.05) is 0 Å². The van der Waals surface area contributed by atoms with Crippen LogP contribution in [0.3, 0.4) is 0 Å². The zero-order valence-electron chi connectivity index (χ0n) is 14.4. The zero-order chi connectivity index (χ0) is 16.4. The second-order valence-electron chi connectivity index (χ2n) is 7.03. The second kappa shape index (κ2) is 6.89. The van der Waals surface area contributed by atoms with Crippen LogP contribution in [0.15, 0.2) is 31.1 Å². The van der Waals surface area contributed by atoms with Gasteiger partial charge >= 0.3 is 0 Å². The summed E-state index contributed by atoms with van der Waals surface area (Å²) in [5, 5.41) is 0. The summed E-state index contributed by atoms with van der Waals surface area (Å²) >= 11 is 0. The van der Waals surface area contributed by atoms with E-state index in [1.54, 1.807) is 6.33 Å². The fourth-order valence-electron chi connectivity index (χ4n) is 3.70. The van der Waals surface area contributed by atoms with Crippen molar-refractivity contribution < 1.29 is 0 Å². The van der Waals surface area contributed by atoms with Crippen LogP contribution in [0, 0.1) is 6.92 Å². The van der Waals surface area contributed by atoms with Gasteiger partial charge in [-0.15, -0.1) is 0 Å². The summed E-state index contributed by atoms with van der Waals surface area (Å²) in [5.41, 5.74) is 1.06. The maximum absolute atomic E-state index is 4.56. The molecular weight excluding hydrogens is 300 g/mol. The van der Waals surface area contributed by atoms with Gasteiger partial charge < -0.3 is 14.4 Å². The predicted octanol–water partition coefficient (Wildman–Crippen LogP) is 2.11. The monoisotopic (exact) mass is 326 g/mol. The van der Waals surface area contributed by atoms with Gasteiger partial charge in [-0.25, -0.2) is 15.0 Å². The Hall–Kier alpha value is -1.95. The topological polar surface area (TPSA) is 50.1 Å². The van der Waals surface area contributed by atoms with Crippen LogP contribution in [0.4, 0.5) is 5.82 Å². The van der Waals surface area contributed by atoms with E-state index >= 15 is 0 Å². The number of aromatic nitrogens is 4. The Morgan fingerprint density at radius 1 is 1.08 bits per heavy atom. The number of hydrogen-bond acceptors (Lipinski definition) is 5. The molecule has 128 valence electrons. The number of nitrogens with zero attached hydrogens (tertiary/aromatic N) is 6. The van der Waals surface area contributed by atoms with E-state index in [2.05, 4.69) is 42.3 Å². The van der Waals surface area contributed by atoms with Crippen molar-refractivity contribution in [3.63, 3.8) is 0 Å². The van der Waals surface area contributed by atoms with Gasteiger partial charge in [-0.05, 0) is 32.6 Å². The molecular formula is C18H26N6. The lowest BCUT2D eigenvalue weighted by Gasteiger charge is -2.39. The van der Waals surface area contributed by atoms with E-state index in [0.717, 1.165) is 24.6 Å². The summed E-state index contributed by atoms with van der Waals surface area (Å²) in [5.74, 6) is 1.13. The molecule has 0 aromatic carbocycles. The van der Waals surface area contributed by atoms with Crippen LogP contribution >= 0.6 is 0 Å². The molecule has 3 heterocycles. The highest BCUT2D eigenvalue weighted by Crippen LogP contribution is 2.35. The van der Waals surface area contributed by atoms with Crippen molar-refractivity contribution in [3.8, 4) is 0 Å². The maximum Gasteiger partial charge on any atom is 0.132 e. The molecule has 6 heteroatoms. The lowest BCUT2D eigenvalue weighted by molar-refractivity contribution is 0.201. The Kier molecular flexibility index (Phi) is 4.47. The maximum atomic E-state index is 4.56. The fourth-order valence-corrected chi connectivity index (χ4v) is 3.70. The van der Waals surface area contributed by atoms with Crippen molar-refractivity contribution in [2.24, 2.45) is 0 Å². The largest absolute Gasteiger partial charge is 0.350 e. The summed E-state index contributed by atoms with van der Waals surface area (Å²) in [7, 11) is 0. The number of imidazole rings is 1. The summed E-state index contributed by atoms with van der Waals surface area (Å²) in [4.78, 5) is 18.1. The number of rotatable bonds is 6. The molecule has 0 amide bonds. The van der Waals surface area contributed by atoms with Gasteiger partial charge in [0.1, 0.15) is 12.1 Å². The highest BCUT2D eigenvalue weighted by Gasteiger charge is 2.36. The average Bonchev–Trinajstić information content (AvgIpc) is 3.28. The van der Waals surface area contributed by atoms with Crippen LogP contribution in [0.2, 0.25) is 0 Å². The first kappa shape index (κ1) is 15.6. The Morgan fingerprint density at radius 3 is 2.54 bits per heavy atom. The molecule has 1 saturated heterocycles.